The molecule has 0 atom stereocenters. The quantitative estimate of drug-likeness (QED) is 0.170. The van der Waals surface area contributed by atoms with Crippen molar-refractivity contribution in [2.45, 2.75) is 0 Å². The molecule has 7 aromatic carbocycles. The standard InChI is InChI=1S/C51H30FN3O2/c52-38-19-15-31(16-20-38)51-54-45(29-46(55-51)40-10-2-1-9-39(40)34-8-7-23-53-30-34)37-25-35(32-17-21-49-43(27-32)41-11-3-5-13-47(41)56-49)24-36(26-37)33-18-22-50-44(28-33)42-12-4-6-14-48(42)57-50/h1-30H. The SMILES string of the molecule is Fc1ccc(-c2nc(-c3cc(-c4ccc5oc6ccccc6c5c4)cc(-c4ccc5oc6ccccc6c5c4)c3)cc(-c3ccccc3-c3cccnc3)n2)cc1. The van der Waals surface area contributed by atoms with Gasteiger partial charge >= 0.3 is 0 Å². The average Bonchev–Trinajstić information content (AvgIpc) is 3.84. The van der Waals surface area contributed by atoms with Crippen LogP contribution in [0, 0.1) is 5.82 Å². The largest absolute Gasteiger partial charge is 0.456 e. The van der Waals surface area contributed by atoms with Crippen molar-refractivity contribution in [3.05, 3.63) is 188 Å². The van der Waals surface area contributed by atoms with Crippen molar-refractivity contribution in [1.29, 1.82) is 0 Å². The molecule has 0 saturated heterocycles. The van der Waals surface area contributed by atoms with Gasteiger partial charge in [0.25, 0.3) is 0 Å². The number of para-hydroxylation sites is 2. The molecule has 0 spiro atoms. The van der Waals surface area contributed by atoms with Crippen LogP contribution in [0.2, 0.25) is 0 Å². The van der Waals surface area contributed by atoms with Gasteiger partial charge in [0.05, 0.1) is 11.4 Å². The molecule has 11 aromatic rings. The van der Waals surface area contributed by atoms with E-state index in [0.29, 0.717) is 11.4 Å². The summed E-state index contributed by atoms with van der Waals surface area (Å²) in [6, 6.07) is 56.1. The van der Waals surface area contributed by atoms with Gasteiger partial charge in [0.2, 0.25) is 0 Å². The summed E-state index contributed by atoms with van der Waals surface area (Å²) in [6.07, 6.45) is 3.63. The van der Waals surface area contributed by atoms with E-state index in [4.69, 9.17) is 18.8 Å². The van der Waals surface area contributed by atoms with E-state index in [1.54, 1.807) is 18.3 Å². The van der Waals surface area contributed by atoms with Crippen LogP contribution in [0.4, 0.5) is 4.39 Å². The Bertz CT molecular complexity index is 3180. The number of halogens is 1. The van der Waals surface area contributed by atoms with Crippen LogP contribution in [-0.2, 0) is 0 Å². The Morgan fingerprint density at radius 3 is 1.54 bits per heavy atom. The van der Waals surface area contributed by atoms with Crippen LogP contribution in [0.15, 0.2) is 191 Å². The summed E-state index contributed by atoms with van der Waals surface area (Å²) in [5.41, 5.74) is 13.5. The highest BCUT2D eigenvalue weighted by molar-refractivity contribution is 6.07. The lowest BCUT2D eigenvalue weighted by atomic mass is 9.93. The van der Waals surface area contributed by atoms with Crippen LogP contribution in [0.25, 0.3) is 111 Å². The van der Waals surface area contributed by atoms with Gasteiger partial charge in [-0.05, 0) is 119 Å². The molecule has 5 nitrogen and oxygen atoms in total. The molecule has 11 rings (SSSR count). The minimum atomic E-state index is -0.320. The van der Waals surface area contributed by atoms with Crippen LogP contribution in [0.1, 0.15) is 0 Å². The van der Waals surface area contributed by atoms with Gasteiger partial charge in [-0.15, -0.1) is 0 Å². The number of rotatable bonds is 6. The molecule has 4 heterocycles. The number of hydrogen-bond donors (Lipinski definition) is 0. The zero-order chi connectivity index (χ0) is 37.9. The van der Waals surface area contributed by atoms with Crippen molar-refractivity contribution in [2.75, 3.05) is 0 Å². The van der Waals surface area contributed by atoms with Crippen molar-refractivity contribution in [3.8, 4) is 67.3 Å². The Morgan fingerprint density at radius 2 is 0.912 bits per heavy atom. The Hall–Kier alpha value is -7.70. The average molecular weight is 736 g/mol. The van der Waals surface area contributed by atoms with E-state index < -0.39 is 0 Å². The first kappa shape index (κ1) is 32.7. The third-order valence-corrected chi connectivity index (χ3v) is 10.7. The molecule has 0 amide bonds. The highest BCUT2D eigenvalue weighted by Gasteiger charge is 2.18. The number of fused-ring (bicyclic) bond motifs is 6. The first-order valence-electron chi connectivity index (χ1n) is 18.7. The smallest absolute Gasteiger partial charge is 0.160 e. The number of pyridine rings is 1. The third kappa shape index (κ3) is 5.83. The van der Waals surface area contributed by atoms with Crippen molar-refractivity contribution in [2.24, 2.45) is 0 Å². The van der Waals surface area contributed by atoms with Gasteiger partial charge in [-0.25, -0.2) is 14.4 Å². The summed E-state index contributed by atoms with van der Waals surface area (Å²) in [4.78, 5) is 14.7. The topological polar surface area (TPSA) is 65.0 Å². The normalized spacial score (nSPS) is 11.6. The van der Waals surface area contributed by atoms with Crippen molar-refractivity contribution in [1.82, 2.24) is 15.0 Å². The maximum atomic E-state index is 14.2. The maximum Gasteiger partial charge on any atom is 0.160 e. The lowest BCUT2D eigenvalue weighted by Crippen LogP contribution is -1.98. The Morgan fingerprint density at radius 1 is 0.368 bits per heavy atom. The summed E-state index contributed by atoms with van der Waals surface area (Å²) in [7, 11) is 0. The van der Waals surface area contributed by atoms with E-state index >= 15 is 0 Å². The second kappa shape index (κ2) is 13.3. The highest BCUT2D eigenvalue weighted by Crippen LogP contribution is 2.40. The number of furan rings is 2. The molecular weight excluding hydrogens is 706 g/mol. The van der Waals surface area contributed by atoms with E-state index in [-0.39, 0.29) is 5.82 Å². The summed E-state index contributed by atoms with van der Waals surface area (Å²) >= 11 is 0. The van der Waals surface area contributed by atoms with Gasteiger partial charge in [-0.1, -0.05) is 78.9 Å². The second-order valence-corrected chi connectivity index (χ2v) is 14.2. The fraction of sp³-hybridized carbons (Fsp3) is 0. The number of nitrogens with zero attached hydrogens (tertiary/aromatic N) is 3. The van der Waals surface area contributed by atoms with Crippen LogP contribution >= 0.6 is 0 Å². The molecule has 6 heteroatoms. The number of benzene rings is 7. The predicted molar refractivity (Wildman–Crippen MR) is 227 cm³/mol. The maximum absolute atomic E-state index is 14.2. The van der Waals surface area contributed by atoms with E-state index in [1.807, 2.05) is 85.1 Å². The Kier molecular flexibility index (Phi) is 7.60. The first-order valence-corrected chi connectivity index (χ1v) is 18.7. The molecular formula is C51H30FN3O2. The summed E-state index contributed by atoms with van der Waals surface area (Å²) < 4.78 is 26.6. The lowest BCUT2D eigenvalue weighted by Gasteiger charge is -2.15. The van der Waals surface area contributed by atoms with E-state index in [0.717, 1.165) is 99.8 Å². The van der Waals surface area contributed by atoms with Crippen molar-refractivity contribution < 1.29 is 13.2 Å². The number of aromatic nitrogens is 3. The van der Waals surface area contributed by atoms with Crippen molar-refractivity contribution in [3.63, 3.8) is 0 Å². The van der Waals surface area contributed by atoms with Crippen molar-refractivity contribution >= 4 is 43.9 Å². The molecule has 0 aliphatic carbocycles. The van der Waals surface area contributed by atoms with Gasteiger partial charge in [0.15, 0.2) is 5.82 Å². The molecule has 0 N–H and O–H groups in total. The zero-order valence-electron chi connectivity index (χ0n) is 30.4. The van der Waals surface area contributed by atoms with E-state index in [9.17, 15) is 4.39 Å². The van der Waals surface area contributed by atoms with Crippen LogP contribution in [-0.4, -0.2) is 15.0 Å². The molecule has 0 radical (unpaired) electrons. The molecule has 0 fully saturated rings. The van der Waals surface area contributed by atoms with Gasteiger partial charge in [0.1, 0.15) is 28.1 Å². The molecule has 4 aromatic heterocycles. The van der Waals surface area contributed by atoms with Gasteiger partial charge in [-0.2, -0.15) is 0 Å². The van der Waals surface area contributed by atoms with E-state index in [1.165, 1.54) is 12.1 Å². The Labute approximate surface area is 326 Å². The van der Waals surface area contributed by atoms with Crippen LogP contribution in [0.3, 0.4) is 0 Å². The molecule has 0 saturated carbocycles. The summed E-state index contributed by atoms with van der Waals surface area (Å²) in [5.74, 6) is 0.173. The second-order valence-electron chi connectivity index (χ2n) is 14.2. The zero-order valence-corrected chi connectivity index (χ0v) is 30.4. The van der Waals surface area contributed by atoms with E-state index in [2.05, 4.69) is 71.7 Å². The monoisotopic (exact) mass is 735 g/mol. The van der Waals surface area contributed by atoms with Crippen LogP contribution in [0.5, 0.6) is 0 Å². The summed E-state index contributed by atoms with van der Waals surface area (Å²) in [5, 5.41) is 4.24. The lowest BCUT2D eigenvalue weighted by molar-refractivity contribution is 0.628. The molecule has 0 bridgehead atoms. The fourth-order valence-electron chi connectivity index (χ4n) is 7.86. The predicted octanol–water partition coefficient (Wildman–Crippen LogP) is 13.8. The molecule has 57 heavy (non-hydrogen) atoms. The van der Waals surface area contributed by atoms with Gasteiger partial charge in [0, 0.05) is 56.2 Å². The molecule has 0 unspecified atom stereocenters. The first-order chi connectivity index (χ1) is 28.1. The summed E-state index contributed by atoms with van der Waals surface area (Å²) in [6.45, 7) is 0. The van der Waals surface area contributed by atoms with Crippen LogP contribution < -0.4 is 0 Å². The Balaban J connectivity index is 1.15. The molecule has 0 aliphatic heterocycles. The number of hydrogen-bond acceptors (Lipinski definition) is 5. The van der Waals surface area contributed by atoms with Gasteiger partial charge in [-0.3, -0.25) is 4.98 Å². The highest BCUT2D eigenvalue weighted by atomic mass is 19.1. The minimum Gasteiger partial charge on any atom is -0.456 e. The molecule has 0 aliphatic rings. The minimum absolute atomic E-state index is 0.320. The van der Waals surface area contributed by atoms with Gasteiger partial charge < -0.3 is 8.83 Å². The third-order valence-electron chi connectivity index (χ3n) is 10.7. The molecule has 268 valence electrons. The fourth-order valence-corrected chi connectivity index (χ4v) is 7.86.